The molecular formula is C13H15BrN2O. The third kappa shape index (κ3) is 2.22. The van der Waals surface area contributed by atoms with Crippen molar-refractivity contribution in [3.63, 3.8) is 0 Å². The van der Waals surface area contributed by atoms with Crippen molar-refractivity contribution in [2.24, 2.45) is 0 Å². The van der Waals surface area contributed by atoms with E-state index in [-0.39, 0.29) is 0 Å². The summed E-state index contributed by atoms with van der Waals surface area (Å²) in [5.41, 5.74) is 4.49. The van der Waals surface area contributed by atoms with Gasteiger partial charge in [-0.1, -0.05) is 22.0 Å². The van der Waals surface area contributed by atoms with Crippen LogP contribution in [0.15, 0.2) is 24.4 Å². The van der Waals surface area contributed by atoms with Gasteiger partial charge in [-0.05, 0) is 31.5 Å². The van der Waals surface area contributed by atoms with Crippen molar-refractivity contribution in [3.05, 3.63) is 41.2 Å². The Balaban J connectivity index is 2.58. The van der Waals surface area contributed by atoms with Crippen molar-refractivity contribution in [2.75, 3.05) is 7.11 Å². The molecule has 0 amide bonds. The van der Waals surface area contributed by atoms with Gasteiger partial charge in [-0.2, -0.15) is 5.10 Å². The molecule has 17 heavy (non-hydrogen) atoms. The molecule has 0 N–H and O–H groups in total. The zero-order valence-electron chi connectivity index (χ0n) is 10.2. The van der Waals surface area contributed by atoms with Crippen LogP contribution < -0.4 is 4.74 Å². The number of rotatable bonds is 3. The molecule has 1 aromatic heterocycles. The number of ether oxygens (including phenoxy) is 1. The van der Waals surface area contributed by atoms with Gasteiger partial charge in [0.15, 0.2) is 0 Å². The molecule has 1 heterocycles. The molecule has 3 nitrogen and oxygen atoms in total. The minimum absolute atomic E-state index is 0.812. The highest BCUT2D eigenvalue weighted by molar-refractivity contribution is 9.08. The normalized spacial score (nSPS) is 10.6. The van der Waals surface area contributed by atoms with Crippen molar-refractivity contribution < 1.29 is 4.74 Å². The third-order valence-corrected chi connectivity index (χ3v) is 3.42. The minimum Gasteiger partial charge on any atom is -0.494 e. The molecular weight excluding hydrogens is 280 g/mol. The molecule has 0 unspecified atom stereocenters. The fraction of sp³-hybridized carbons (Fsp3) is 0.308. The Labute approximate surface area is 110 Å². The van der Waals surface area contributed by atoms with Crippen molar-refractivity contribution in [1.82, 2.24) is 9.78 Å². The Morgan fingerprint density at radius 3 is 2.71 bits per heavy atom. The first kappa shape index (κ1) is 12.2. The van der Waals surface area contributed by atoms with E-state index in [0.29, 0.717) is 0 Å². The molecule has 2 rings (SSSR count). The molecule has 0 bridgehead atoms. The number of hydrogen-bond acceptors (Lipinski definition) is 2. The zero-order valence-corrected chi connectivity index (χ0v) is 11.8. The highest BCUT2D eigenvalue weighted by Gasteiger charge is 2.11. The standard InChI is InChI=1S/C13H15BrN2O/c1-9-4-5-13(17-3)12(6-9)16-10(2)11(7-14)8-15-16/h4-6,8H,7H2,1-3H3. The SMILES string of the molecule is COc1ccc(C)cc1-n1ncc(CBr)c1C. The average molecular weight is 295 g/mol. The Kier molecular flexibility index (Phi) is 3.52. The summed E-state index contributed by atoms with van der Waals surface area (Å²) in [5.74, 6) is 0.836. The smallest absolute Gasteiger partial charge is 0.144 e. The lowest BCUT2D eigenvalue weighted by molar-refractivity contribution is 0.411. The minimum atomic E-state index is 0.812. The van der Waals surface area contributed by atoms with E-state index in [1.807, 2.05) is 23.0 Å². The fourth-order valence-corrected chi connectivity index (χ4v) is 2.33. The van der Waals surface area contributed by atoms with Crippen LogP contribution in [0.4, 0.5) is 0 Å². The molecule has 4 heteroatoms. The predicted octanol–water partition coefficient (Wildman–Crippen LogP) is 3.39. The lowest BCUT2D eigenvalue weighted by Crippen LogP contribution is -2.02. The van der Waals surface area contributed by atoms with Gasteiger partial charge in [-0.15, -0.1) is 0 Å². The van der Waals surface area contributed by atoms with Crippen LogP contribution in [0.3, 0.4) is 0 Å². The van der Waals surface area contributed by atoms with Crippen molar-refractivity contribution in [2.45, 2.75) is 19.2 Å². The number of benzene rings is 1. The van der Waals surface area contributed by atoms with Gasteiger partial charge in [0.25, 0.3) is 0 Å². The molecule has 0 aliphatic heterocycles. The van der Waals surface area contributed by atoms with Gasteiger partial charge in [-0.25, -0.2) is 4.68 Å². The van der Waals surface area contributed by atoms with E-state index in [1.54, 1.807) is 7.11 Å². The summed E-state index contributed by atoms with van der Waals surface area (Å²) in [5, 5.41) is 5.23. The van der Waals surface area contributed by atoms with Crippen LogP contribution in [-0.4, -0.2) is 16.9 Å². The summed E-state index contributed by atoms with van der Waals surface area (Å²) >= 11 is 3.46. The summed E-state index contributed by atoms with van der Waals surface area (Å²) in [7, 11) is 1.68. The molecule has 90 valence electrons. The second-order valence-electron chi connectivity index (χ2n) is 3.98. The molecule has 2 aromatic rings. The Bertz CT molecular complexity index is 534. The van der Waals surface area contributed by atoms with E-state index in [9.17, 15) is 0 Å². The first-order chi connectivity index (χ1) is 8.17. The largest absolute Gasteiger partial charge is 0.494 e. The van der Waals surface area contributed by atoms with Crippen LogP contribution in [0.5, 0.6) is 5.75 Å². The van der Waals surface area contributed by atoms with Gasteiger partial charge in [0.1, 0.15) is 11.4 Å². The van der Waals surface area contributed by atoms with E-state index in [2.05, 4.69) is 40.9 Å². The fourth-order valence-electron chi connectivity index (χ4n) is 1.78. The number of alkyl halides is 1. The van der Waals surface area contributed by atoms with Crippen molar-refractivity contribution in [3.8, 4) is 11.4 Å². The van der Waals surface area contributed by atoms with Crippen LogP contribution >= 0.6 is 15.9 Å². The number of aromatic nitrogens is 2. The molecule has 0 aliphatic rings. The van der Waals surface area contributed by atoms with Crippen LogP contribution in [0.2, 0.25) is 0 Å². The van der Waals surface area contributed by atoms with Crippen LogP contribution in [-0.2, 0) is 5.33 Å². The number of hydrogen-bond donors (Lipinski definition) is 0. The highest BCUT2D eigenvalue weighted by Crippen LogP contribution is 2.26. The van der Waals surface area contributed by atoms with Gasteiger partial charge in [-0.3, -0.25) is 0 Å². The maximum absolute atomic E-state index is 5.38. The van der Waals surface area contributed by atoms with Crippen LogP contribution in [0, 0.1) is 13.8 Å². The quantitative estimate of drug-likeness (QED) is 0.812. The van der Waals surface area contributed by atoms with Crippen molar-refractivity contribution in [1.29, 1.82) is 0 Å². The molecule has 1 aromatic carbocycles. The number of methoxy groups -OCH3 is 1. The van der Waals surface area contributed by atoms with E-state index >= 15 is 0 Å². The third-order valence-electron chi connectivity index (χ3n) is 2.82. The molecule has 0 saturated heterocycles. The monoisotopic (exact) mass is 294 g/mol. The van der Waals surface area contributed by atoms with Crippen LogP contribution in [0.25, 0.3) is 5.69 Å². The Morgan fingerprint density at radius 2 is 2.12 bits per heavy atom. The summed E-state index contributed by atoms with van der Waals surface area (Å²) < 4.78 is 7.30. The topological polar surface area (TPSA) is 27.1 Å². The average Bonchev–Trinajstić information content (AvgIpc) is 2.70. The van der Waals surface area contributed by atoms with Gasteiger partial charge >= 0.3 is 0 Å². The summed E-state index contributed by atoms with van der Waals surface area (Å²) in [6, 6.07) is 6.09. The van der Waals surface area contributed by atoms with Crippen molar-refractivity contribution >= 4 is 15.9 Å². The lowest BCUT2D eigenvalue weighted by atomic mass is 10.2. The van der Waals surface area contributed by atoms with Gasteiger partial charge in [0.05, 0.1) is 13.3 Å². The molecule has 0 radical (unpaired) electrons. The highest BCUT2D eigenvalue weighted by atomic mass is 79.9. The molecule has 0 fully saturated rings. The summed E-state index contributed by atoms with van der Waals surface area (Å²) in [4.78, 5) is 0. The summed E-state index contributed by atoms with van der Waals surface area (Å²) in [6.45, 7) is 4.12. The van der Waals surface area contributed by atoms with E-state index in [1.165, 1.54) is 11.1 Å². The molecule has 0 saturated carbocycles. The summed E-state index contributed by atoms with van der Waals surface area (Å²) in [6.07, 6.45) is 1.88. The Hall–Kier alpha value is -1.29. The van der Waals surface area contributed by atoms with E-state index in [0.717, 1.165) is 22.5 Å². The first-order valence-electron chi connectivity index (χ1n) is 5.42. The second-order valence-corrected chi connectivity index (χ2v) is 4.54. The maximum Gasteiger partial charge on any atom is 0.144 e. The van der Waals surface area contributed by atoms with Crippen LogP contribution in [0.1, 0.15) is 16.8 Å². The molecule has 0 aliphatic carbocycles. The first-order valence-corrected chi connectivity index (χ1v) is 6.54. The number of aryl methyl sites for hydroxylation is 1. The zero-order chi connectivity index (χ0) is 12.4. The van der Waals surface area contributed by atoms with Gasteiger partial charge in [0.2, 0.25) is 0 Å². The molecule has 0 atom stereocenters. The maximum atomic E-state index is 5.38. The van der Waals surface area contributed by atoms with E-state index in [4.69, 9.17) is 4.74 Å². The van der Waals surface area contributed by atoms with E-state index < -0.39 is 0 Å². The van der Waals surface area contributed by atoms with Gasteiger partial charge < -0.3 is 4.74 Å². The Morgan fingerprint density at radius 1 is 1.35 bits per heavy atom. The second kappa shape index (κ2) is 4.92. The molecule has 0 spiro atoms. The predicted molar refractivity (Wildman–Crippen MR) is 72.2 cm³/mol. The number of halogens is 1. The van der Waals surface area contributed by atoms with Gasteiger partial charge in [0, 0.05) is 16.6 Å². The number of nitrogens with zero attached hydrogens (tertiary/aromatic N) is 2. The lowest BCUT2D eigenvalue weighted by Gasteiger charge is -2.11.